The van der Waals surface area contributed by atoms with Gasteiger partial charge < -0.3 is 20.1 Å². The summed E-state index contributed by atoms with van der Waals surface area (Å²) < 4.78 is 8.21. The van der Waals surface area contributed by atoms with Crippen LogP contribution in [0.2, 0.25) is 5.02 Å². The number of rotatable bonds is 12. The molecule has 0 unspecified atom stereocenters. The van der Waals surface area contributed by atoms with Gasteiger partial charge in [-0.15, -0.1) is 23.1 Å². The molecule has 0 spiro atoms. The number of hydrogen-bond acceptors (Lipinski definition) is 8. The van der Waals surface area contributed by atoms with Crippen LogP contribution in [0.1, 0.15) is 69.8 Å². The Morgan fingerprint density at radius 1 is 1.21 bits per heavy atom. The minimum Gasteiger partial charge on any atom is -0.493 e. The van der Waals surface area contributed by atoms with Gasteiger partial charge in [0, 0.05) is 68.9 Å². The molecule has 8 nitrogen and oxygen atoms in total. The van der Waals surface area contributed by atoms with Crippen LogP contribution < -0.4 is 10.5 Å². The molecule has 0 saturated carbocycles. The summed E-state index contributed by atoms with van der Waals surface area (Å²) in [7, 11) is 1.81. The summed E-state index contributed by atoms with van der Waals surface area (Å²) in [6.45, 7) is 5.69. The number of hydrogen-bond donors (Lipinski definition) is 2. The summed E-state index contributed by atoms with van der Waals surface area (Å²) in [6.07, 6.45) is 8.11. The highest BCUT2D eigenvalue weighted by atomic mass is 35.5. The van der Waals surface area contributed by atoms with E-state index in [1.165, 1.54) is 4.88 Å². The number of nitrogens with zero attached hydrogens (tertiary/aromatic N) is 4. The fourth-order valence-electron chi connectivity index (χ4n) is 6.46. The molecule has 11 heteroatoms. The van der Waals surface area contributed by atoms with Crippen molar-refractivity contribution in [2.45, 2.75) is 63.1 Å². The summed E-state index contributed by atoms with van der Waals surface area (Å²) in [5.41, 5.74) is 10.6. The van der Waals surface area contributed by atoms with Crippen molar-refractivity contribution < 1.29 is 14.6 Å². The van der Waals surface area contributed by atoms with Crippen molar-refractivity contribution in [3.8, 4) is 5.75 Å². The molecule has 0 aliphatic carbocycles. The first kappa shape index (κ1) is 34.0. The molecule has 48 heavy (non-hydrogen) atoms. The van der Waals surface area contributed by atoms with Gasteiger partial charge in [-0.2, -0.15) is 5.10 Å². The first-order valence-electron chi connectivity index (χ1n) is 16.2. The molecule has 1 fully saturated rings. The van der Waals surface area contributed by atoms with Crippen LogP contribution in [0.3, 0.4) is 0 Å². The monoisotopic (exact) mass is 701 g/mol. The fourth-order valence-corrected chi connectivity index (χ4v) is 8.73. The van der Waals surface area contributed by atoms with Crippen molar-refractivity contribution in [1.29, 1.82) is 0 Å². The Kier molecular flexibility index (Phi) is 10.8. The maximum absolute atomic E-state index is 12.6. The molecule has 0 bridgehead atoms. The van der Waals surface area contributed by atoms with E-state index in [4.69, 9.17) is 22.1 Å². The number of carbonyl (C=O) groups is 1. The number of carboxylic acid groups (broad SMARTS) is 1. The summed E-state index contributed by atoms with van der Waals surface area (Å²) in [5.74, 6) is 0.676. The molecule has 2 aromatic heterocycles. The number of piperidine rings is 1. The van der Waals surface area contributed by atoms with E-state index in [0.29, 0.717) is 31.0 Å². The number of aryl methyl sites for hydroxylation is 3. The highest BCUT2D eigenvalue weighted by Crippen LogP contribution is 2.37. The topological polar surface area (TPSA) is 106 Å². The molecule has 3 N–H and O–H groups in total. The quantitative estimate of drug-likeness (QED) is 0.0760. The zero-order chi connectivity index (χ0) is 33.8. The van der Waals surface area contributed by atoms with Gasteiger partial charge in [0.05, 0.1) is 17.8 Å². The third-order valence-electron chi connectivity index (χ3n) is 8.71. The zero-order valence-corrected chi connectivity index (χ0v) is 29.9. The first-order chi connectivity index (χ1) is 23.3. The number of allylic oxidation sites excluding steroid dienone is 1. The smallest absolute Gasteiger partial charge is 0.352 e. The molecule has 0 atom stereocenters. The fraction of sp³-hybridized carbons (Fsp3) is 0.324. The molecular weight excluding hydrogens is 662 g/mol. The number of thiazole rings is 1. The summed E-state index contributed by atoms with van der Waals surface area (Å²) in [4.78, 5) is 19.6. The second-order valence-electron chi connectivity index (χ2n) is 11.8. The van der Waals surface area contributed by atoms with Gasteiger partial charge in [0.25, 0.3) is 0 Å². The standard InChI is InChI=1S/C37H40ClN5O3S2/c1-4-40-43-16-8-7-11-25(43)19-30-31(38)15-14-29-28(36(37(44)45)42(3)35(29)30)13-9-17-46-32-20-26(18-24-10-5-6-12-27(24)32)47-22-33-23(2)41-34(21-39)48-33/h4-6,10,12,14-15,18-20H,7-9,11,13,16-17,21-22,39H2,1-3H3,(H,44,45)/b25-19+,40-4+. The molecule has 0 radical (unpaired) electrons. The lowest BCUT2D eigenvalue weighted by Crippen LogP contribution is -2.22. The van der Waals surface area contributed by atoms with Crippen LogP contribution >= 0.6 is 34.7 Å². The average Bonchev–Trinajstić information content (AvgIpc) is 3.59. The van der Waals surface area contributed by atoms with Gasteiger partial charge in [-0.3, -0.25) is 5.01 Å². The first-order valence-corrected chi connectivity index (χ1v) is 18.4. The van der Waals surface area contributed by atoms with Crippen LogP contribution in [0.15, 0.2) is 64.2 Å². The van der Waals surface area contributed by atoms with Crippen LogP contribution in [-0.2, 0) is 25.8 Å². The molecule has 5 aromatic rings. The van der Waals surface area contributed by atoms with Crippen molar-refractivity contribution in [1.82, 2.24) is 14.6 Å². The Bertz CT molecular complexity index is 2030. The van der Waals surface area contributed by atoms with E-state index in [9.17, 15) is 9.90 Å². The predicted octanol–water partition coefficient (Wildman–Crippen LogP) is 9.04. The molecule has 1 aliphatic rings. The molecule has 6 rings (SSSR count). The Morgan fingerprint density at radius 2 is 2.04 bits per heavy atom. The van der Waals surface area contributed by atoms with Crippen LogP contribution in [0.25, 0.3) is 27.8 Å². The van der Waals surface area contributed by atoms with Gasteiger partial charge in [0.1, 0.15) is 16.5 Å². The van der Waals surface area contributed by atoms with Crippen LogP contribution in [-0.4, -0.2) is 45.0 Å². The Morgan fingerprint density at radius 3 is 2.81 bits per heavy atom. The highest BCUT2D eigenvalue weighted by molar-refractivity contribution is 7.98. The van der Waals surface area contributed by atoms with Crippen molar-refractivity contribution in [3.05, 3.63) is 91.7 Å². The van der Waals surface area contributed by atoms with Crippen molar-refractivity contribution in [2.75, 3.05) is 13.2 Å². The van der Waals surface area contributed by atoms with Gasteiger partial charge in [-0.1, -0.05) is 41.9 Å². The summed E-state index contributed by atoms with van der Waals surface area (Å²) in [5, 5.41) is 21.5. The predicted molar refractivity (Wildman–Crippen MR) is 200 cm³/mol. The molecule has 1 aliphatic heterocycles. The minimum absolute atomic E-state index is 0.277. The number of hydrazone groups is 1. The van der Waals surface area contributed by atoms with Gasteiger partial charge in [0.15, 0.2) is 0 Å². The average molecular weight is 702 g/mol. The number of thioether (sulfide) groups is 1. The molecular formula is C37H40ClN5O3S2. The van der Waals surface area contributed by atoms with E-state index in [1.807, 2.05) is 50.2 Å². The molecule has 0 amide bonds. The Hall–Kier alpha value is -3.83. The normalized spacial score (nSPS) is 14.6. The number of aromatic nitrogens is 2. The van der Waals surface area contributed by atoms with Gasteiger partial charge >= 0.3 is 5.97 Å². The lowest BCUT2D eigenvalue weighted by molar-refractivity contribution is 0.0685. The van der Waals surface area contributed by atoms with Crippen LogP contribution in [0.4, 0.5) is 0 Å². The maximum atomic E-state index is 12.6. The number of nitrogens with two attached hydrogens (primary N) is 1. The van der Waals surface area contributed by atoms with E-state index in [2.05, 4.69) is 40.4 Å². The second kappa shape index (κ2) is 15.2. The van der Waals surface area contributed by atoms with Gasteiger partial charge in [0.2, 0.25) is 0 Å². The largest absolute Gasteiger partial charge is 0.493 e. The number of carboxylic acids is 1. The lowest BCUT2D eigenvalue weighted by Gasteiger charge is -2.27. The third kappa shape index (κ3) is 7.12. The Balaban J connectivity index is 1.24. The Labute approximate surface area is 294 Å². The molecule has 3 aromatic carbocycles. The van der Waals surface area contributed by atoms with E-state index in [1.54, 1.807) is 33.9 Å². The SMILES string of the molecule is C/C=N/N1CCCC/C1=C\c1c(Cl)ccc2c(CCCOc3cc(SCc4sc(CN)nc4C)cc4ccccc34)c(C(=O)O)n(C)c12. The number of ether oxygens (including phenoxy) is 1. The van der Waals surface area contributed by atoms with E-state index in [0.717, 1.165) is 91.4 Å². The molecule has 250 valence electrons. The van der Waals surface area contributed by atoms with E-state index in [-0.39, 0.29) is 5.69 Å². The van der Waals surface area contributed by atoms with Crippen molar-refractivity contribution >= 4 is 74.6 Å². The van der Waals surface area contributed by atoms with Crippen LogP contribution in [0, 0.1) is 6.92 Å². The minimum atomic E-state index is -0.959. The van der Waals surface area contributed by atoms with E-state index < -0.39 is 5.97 Å². The molecule has 1 saturated heterocycles. The second-order valence-corrected chi connectivity index (χ2v) is 14.5. The number of aromatic carboxylic acids is 1. The van der Waals surface area contributed by atoms with E-state index >= 15 is 0 Å². The molecule has 3 heterocycles. The highest BCUT2D eigenvalue weighted by Gasteiger charge is 2.24. The van der Waals surface area contributed by atoms with Crippen LogP contribution in [0.5, 0.6) is 5.75 Å². The van der Waals surface area contributed by atoms with Gasteiger partial charge in [-0.05, 0) is 81.2 Å². The zero-order valence-electron chi connectivity index (χ0n) is 27.5. The summed E-state index contributed by atoms with van der Waals surface area (Å²) >= 11 is 10.2. The maximum Gasteiger partial charge on any atom is 0.352 e. The lowest BCUT2D eigenvalue weighted by atomic mass is 10.0. The third-order valence-corrected chi connectivity index (χ3v) is 11.4. The number of benzene rings is 3. The number of fused-ring (bicyclic) bond motifs is 2. The number of halogens is 1. The summed E-state index contributed by atoms with van der Waals surface area (Å²) in [6, 6.07) is 16.4. The van der Waals surface area contributed by atoms with Crippen molar-refractivity contribution in [3.63, 3.8) is 0 Å². The van der Waals surface area contributed by atoms with Crippen molar-refractivity contribution in [2.24, 2.45) is 17.9 Å². The van der Waals surface area contributed by atoms with Gasteiger partial charge in [-0.25, -0.2) is 9.78 Å².